The Morgan fingerprint density at radius 2 is 1.46 bits per heavy atom. The summed E-state index contributed by atoms with van der Waals surface area (Å²) >= 11 is 5.85. The van der Waals surface area contributed by atoms with Crippen LogP contribution in [0.1, 0.15) is 17.5 Å². The number of benzene rings is 2. The number of aryl methyl sites for hydroxylation is 2. The molecule has 0 radical (unpaired) electrons. The Labute approximate surface area is 154 Å². The quantitative estimate of drug-likeness (QED) is 0.406. The molecule has 2 rings (SSSR count). The van der Waals surface area contributed by atoms with Crippen molar-refractivity contribution < 1.29 is 25.1 Å². The Kier molecular flexibility index (Phi) is 6.69. The van der Waals surface area contributed by atoms with Gasteiger partial charge < -0.3 is 0 Å². The van der Waals surface area contributed by atoms with Crippen LogP contribution in [0.15, 0.2) is 59.5 Å². The lowest BCUT2D eigenvalue weighted by Gasteiger charge is -2.51. The van der Waals surface area contributed by atoms with Gasteiger partial charge in [0, 0.05) is 5.38 Å². The van der Waals surface area contributed by atoms with E-state index in [1.807, 2.05) is 18.2 Å². The van der Waals surface area contributed by atoms with E-state index in [1.165, 1.54) is 12.1 Å². The minimum atomic E-state index is -8.36. The lowest BCUT2D eigenvalue weighted by Crippen LogP contribution is -2.25. The summed E-state index contributed by atoms with van der Waals surface area (Å²) in [7, 11) is -8.36. The normalized spacial score (nSPS) is 14.8. The highest BCUT2D eigenvalue weighted by atomic mass is 35.5. The van der Waals surface area contributed by atoms with Crippen LogP contribution in [0.3, 0.4) is 0 Å². The summed E-state index contributed by atoms with van der Waals surface area (Å²) in [5.74, 6) is -1.61. The first kappa shape index (κ1) is 22.2. The van der Waals surface area contributed by atoms with Crippen molar-refractivity contribution in [2.75, 3.05) is 5.75 Å². The minimum absolute atomic E-state index is 0.0686. The van der Waals surface area contributed by atoms with Crippen LogP contribution >= 0.6 is 21.4 Å². The van der Waals surface area contributed by atoms with Crippen molar-refractivity contribution in [1.29, 1.82) is 0 Å². The molecule has 0 N–H and O–H groups in total. The van der Waals surface area contributed by atoms with Crippen LogP contribution < -0.4 is 0 Å². The van der Waals surface area contributed by atoms with Crippen molar-refractivity contribution in [3.05, 3.63) is 65.7 Å². The summed E-state index contributed by atoms with van der Waals surface area (Å²) in [6.45, 7) is 1.65. The topological polar surface area (TPSA) is 34.1 Å². The summed E-state index contributed by atoms with van der Waals surface area (Å²) in [5, 5.41) is -1.30. The molecule has 0 aromatic heterocycles. The number of hydrogen-bond donors (Lipinski definition) is 0. The SMILES string of the molecule is Cc1ccc(S(F)(F)(F)(F)CC(Cl)CCc2ccccc2)cc1.O=C=O. The Hall–Kier alpha value is -1.82. The number of alkyl halides is 1. The zero-order chi connectivity index (χ0) is 19.9. The Morgan fingerprint density at radius 3 is 1.96 bits per heavy atom. The third-order valence-corrected chi connectivity index (χ3v) is 6.60. The van der Waals surface area contributed by atoms with E-state index in [-0.39, 0.29) is 12.6 Å². The van der Waals surface area contributed by atoms with E-state index in [1.54, 1.807) is 19.1 Å². The van der Waals surface area contributed by atoms with E-state index < -0.39 is 25.9 Å². The molecule has 8 heteroatoms. The van der Waals surface area contributed by atoms with Gasteiger partial charge in [-0.1, -0.05) is 48.0 Å². The molecule has 0 saturated carbocycles. The molecule has 0 aliphatic carbocycles. The third-order valence-electron chi connectivity index (χ3n) is 3.65. The van der Waals surface area contributed by atoms with Crippen molar-refractivity contribution in [2.24, 2.45) is 0 Å². The molecule has 1 atom stereocenters. The second-order valence-electron chi connectivity index (χ2n) is 5.92. The maximum absolute atomic E-state index is 14.3. The molecule has 0 amide bonds. The predicted octanol–water partition coefficient (Wildman–Crippen LogP) is 6.42. The van der Waals surface area contributed by atoms with Crippen molar-refractivity contribution in [2.45, 2.75) is 30.0 Å². The number of hydrogen-bond acceptors (Lipinski definition) is 2. The maximum atomic E-state index is 14.3. The molecule has 0 fully saturated rings. The summed E-state index contributed by atoms with van der Waals surface area (Å²) < 4.78 is 57.4. The number of halogens is 5. The molecule has 1 unspecified atom stereocenters. The Bertz CT molecular complexity index is 754. The average molecular weight is 411 g/mol. The molecule has 0 spiro atoms. The molecule has 0 saturated heterocycles. The van der Waals surface area contributed by atoms with Crippen LogP contribution in [0.4, 0.5) is 15.5 Å². The summed E-state index contributed by atoms with van der Waals surface area (Å²) in [4.78, 5) is 15.0. The summed E-state index contributed by atoms with van der Waals surface area (Å²) in [6, 6.07) is 13.2. The van der Waals surface area contributed by atoms with Gasteiger partial charge in [-0.05, 0) is 37.5 Å². The van der Waals surface area contributed by atoms with Crippen molar-refractivity contribution in [1.82, 2.24) is 0 Å². The van der Waals surface area contributed by atoms with Gasteiger partial charge in [0.15, 0.2) is 9.84 Å². The first-order valence-electron chi connectivity index (χ1n) is 7.64. The van der Waals surface area contributed by atoms with E-state index >= 15 is 0 Å². The molecule has 0 bridgehead atoms. The molecular formula is C18H19ClF4O2S. The van der Waals surface area contributed by atoms with Crippen molar-refractivity contribution in [3.63, 3.8) is 0 Å². The predicted molar refractivity (Wildman–Crippen MR) is 95.7 cm³/mol. The van der Waals surface area contributed by atoms with Gasteiger partial charge in [0.25, 0.3) is 0 Å². The summed E-state index contributed by atoms with van der Waals surface area (Å²) in [5.41, 5.74) is 1.53. The van der Waals surface area contributed by atoms with Gasteiger partial charge in [-0.25, -0.2) is 0 Å². The van der Waals surface area contributed by atoms with Crippen LogP contribution in [0.25, 0.3) is 0 Å². The van der Waals surface area contributed by atoms with Gasteiger partial charge in [0.05, 0.1) is 10.6 Å². The third kappa shape index (κ3) is 6.83. The van der Waals surface area contributed by atoms with Crippen LogP contribution in [0, 0.1) is 6.92 Å². The fourth-order valence-electron chi connectivity index (χ4n) is 2.35. The zero-order valence-electron chi connectivity index (χ0n) is 14.0. The van der Waals surface area contributed by atoms with E-state index in [0.29, 0.717) is 12.0 Å². The van der Waals surface area contributed by atoms with Crippen LogP contribution in [0.2, 0.25) is 0 Å². The van der Waals surface area contributed by atoms with E-state index in [2.05, 4.69) is 0 Å². The molecule has 144 valence electrons. The standard InChI is InChI=1S/C17H19ClF4S.CO2/c1-14-7-11-17(12-8-14)23(19,20,21,22)13-16(18)10-9-15-5-3-2-4-6-15;2-1-3/h2-8,11-12,16H,9-10,13H2,1H3;. The van der Waals surface area contributed by atoms with Gasteiger partial charge in [-0.2, -0.15) is 9.59 Å². The van der Waals surface area contributed by atoms with E-state index in [0.717, 1.165) is 17.7 Å². The second-order valence-corrected chi connectivity index (χ2v) is 9.82. The fourth-order valence-corrected chi connectivity index (χ4v) is 5.05. The van der Waals surface area contributed by atoms with Crippen molar-refractivity contribution in [3.8, 4) is 0 Å². The molecule has 2 aromatic rings. The zero-order valence-corrected chi connectivity index (χ0v) is 15.6. The van der Waals surface area contributed by atoms with Crippen LogP contribution in [-0.2, 0) is 16.0 Å². The monoisotopic (exact) mass is 410 g/mol. The molecule has 0 aliphatic rings. The average Bonchev–Trinajstić information content (AvgIpc) is 2.53. The highest BCUT2D eigenvalue weighted by molar-refractivity contribution is 8.49. The lowest BCUT2D eigenvalue weighted by molar-refractivity contribution is -0.191. The molecule has 0 aliphatic heterocycles. The number of carbonyl (C=O) groups excluding carboxylic acids is 2. The maximum Gasteiger partial charge on any atom is 0.373 e. The largest absolute Gasteiger partial charge is 0.373 e. The molecule has 0 heterocycles. The summed E-state index contributed by atoms with van der Waals surface area (Å²) in [6.07, 6.45) is 0.704. The molecule has 26 heavy (non-hydrogen) atoms. The first-order chi connectivity index (χ1) is 11.9. The first-order valence-corrected chi connectivity index (χ1v) is 10.3. The number of rotatable bonds is 6. The van der Waals surface area contributed by atoms with Crippen LogP contribution in [0.5, 0.6) is 0 Å². The molecule has 2 nitrogen and oxygen atoms in total. The Balaban J connectivity index is 0.00000105. The second kappa shape index (κ2) is 7.82. The smallest absolute Gasteiger partial charge is 0.186 e. The minimum Gasteiger partial charge on any atom is -0.186 e. The van der Waals surface area contributed by atoms with E-state index in [9.17, 15) is 15.5 Å². The van der Waals surface area contributed by atoms with Gasteiger partial charge in [-0.15, -0.1) is 27.1 Å². The lowest BCUT2D eigenvalue weighted by atomic mass is 10.1. The highest BCUT2D eigenvalue weighted by Crippen LogP contribution is 3.00. The van der Waals surface area contributed by atoms with Crippen LogP contribution in [-0.4, -0.2) is 17.3 Å². The van der Waals surface area contributed by atoms with Gasteiger partial charge >= 0.3 is 6.15 Å². The Morgan fingerprint density at radius 1 is 0.962 bits per heavy atom. The fraction of sp³-hybridized carbons (Fsp3) is 0.278. The highest BCUT2D eigenvalue weighted by Gasteiger charge is 2.65. The van der Waals surface area contributed by atoms with Gasteiger partial charge in [0.1, 0.15) is 0 Å². The van der Waals surface area contributed by atoms with Crippen molar-refractivity contribution >= 4 is 27.6 Å². The van der Waals surface area contributed by atoms with E-state index in [4.69, 9.17) is 21.2 Å². The molecule has 2 aromatic carbocycles. The molecular weight excluding hydrogens is 392 g/mol. The van der Waals surface area contributed by atoms with Gasteiger partial charge in [0.2, 0.25) is 0 Å². The van der Waals surface area contributed by atoms with Gasteiger partial charge in [-0.3, -0.25) is 0 Å².